The number of carbonyl (C=O) groups is 2. The highest BCUT2D eigenvalue weighted by Gasteiger charge is 2.23. The van der Waals surface area contributed by atoms with Crippen molar-refractivity contribution in [3.05, 3.63) is 54.3 Å². The highest BCUT2D eigenvalue weighted by molar-refractivity contribution is 5.91. The zero-order valence-electron chi connectivity index (χ0n) is 16.7. The van der Waals surface area contributed by atoms with Gasteiger partial charge in [0.25, 0.3) is 0 Å². The number of rotatable bonds is 8. The van der Waals surface area contributed by atoms with Crippen molar-refractivity contribution in [1.29, 1.82) is 0 Å². The molecule has 1 aliphatic rings. The molecule has 0 bridgehead atoms. The van der Waals surface area contributed by atoms with Crippen molar-refractivity contribution < 1.29 is 28.6 Å². The fourth-order valence-corrected chi connectivity index (χ4v) is 3.72. The summed E-state index contributed by atoms with van der Waals surface area (Å²) in [5.41, 5.74) is 1.96. The van der Waals surface area contributed by atoms with E-state index in [1.54, 1.807) is 24.3 Å². The number of carbonyl (C=O) groups excluding carboxylic acids is 1. The maximum atomic E-state index is 13.6. The second kappa shape index (κ2) is 10.7. The van der Waals surface area contributed by atoms with E-state index in [0.717, 1.165) is 31.2 Å². The standard InChI is InChI=1S/C23H26FNO5/c24-19-5-3-4-18(12-19)20-6-1-2-7-21(20)25-23(28)30-14-17-10-8-16(9-11-17)13-29-15-22(26)27/h1-7,12,16-17H,8-11,13-15H2,(H,25,28)(H,26,27). The predicted octanol–water partition coefficient (Wildman–Crippen LogP) is 4.95. The number of anilines is 1. The molecule has 6 nitrogen and oxygen atoms in total. The summed E-state index contributed by atoms with van der Waals surface area (Å²) in [5.74, 6) is -0.659. The maximum absolute atomic E-state index is 13.6. The van der Waals surface area contributed by atoms with Crippen molar-refractivity contribution in [1.82, 2.24) is 0 Å². The molecule has 2 aromatic rings. The van der Waals surface area contributed by atoms with Crippen molar-refractivity contribution in [2.24, 2.45) is 11.8 Å². The molecule has 2 N–H and O–H groups in total. The van der Waals surface area contributed by atoms with Crippen molar-refractivity contribution in [2.45, 2.75) is 25.7 Å². The number of carboxylic acids is 1. The number of ether oxygens (including phenoxy) is 2. The summed E-state index contributed by atoms with van der Waals surface area (Å²) >= 11 is 0. The van der Waals surface area contributed by atoms with Crippen LogP contribution >= 0.6 is 0 Å². The maximum Gasteiger partial charge on any atom is 0.411 e. The minimum Gasteiger partial charge on any atom is -0.480 e. The van der Waals surface area contributed by atoms with Gasteiger partial charge in [-0.1, -0.05) is 30.3 Å². The quantitative estimate of drug-likeness (QED) is 0.637. The molecule has 0 radical (unpaired) electrons. The average molecular weight is 415 g/mol. The number of para-hydroxylation sites is 1. The average Bonchev–Trinajstić information content (AvgIpc) is 2.73. The molecule has 160 valence electrons. The van der Waals surface area contributed by atoms with E-state index in [4.69, 9.17) is 14.6 Å². The highest BCUT2D eigenvalue weighted by atomic mass is 19.1. The molecule has 3 rings (SSSR count). The van der Waals surface area contributed by atoms with E-state index in [1.807, 2.05) is 12.1 Å². The largest absolute Gasteiger partial charge is 0.480 e. The van der Waals surface area contributed by atoms with Crippen LogP contribution in [0.5, 0.6) is 0 Å². The van der Waals surface area contributed by atoms with Gasteiger partial charge in [0.1, 0.15) is 12.4 Å². The number of amides is 1. The molecule has 1 aliphatic carbocycles. The molecule has 30 heavy (non-hydrogen) atoms. The Hall–Kier alpha value is -2.93. The van der Waals surface area contributed by atoms with Crippen LogP contribution in [0.15, 0.2) is 48.5 Å². The first-order valence-electron chi connectivity index (χ1n) is 10.1. The number of hydrogen-bond acceptors (Lipinski definition) is 4. The topological polar surface area (TPSA) is 84.9 Å². The number of aliphatic carboxylic acids is 1. The van der Waals surface area contributed by atoms with Gasteiger partial charge >= 0.3 is 12.1 Å². The molecule has 1 fully saturated rings. The van der Waals surface area contributed by atoms with Crippen LogP contribution in [0.3, 0.4) is 0 Å². The van der Waals surface area contributed by atoms with Crippen LogP contribution in [0.1, 0.15) is 25.7 Å². The second-order valence-electron chi connectivity index (χ2n) is 7.58. The van der Waals surface area contributed by atoms with Crippen molar-refractivity contribution in [3.8, 4) is 11.1 Å². The molecule has 0 aliphatic heterocycles. The monoisotopic (exact) mass is 415 g/mol. The first-order valence-corrected chi connectivity index (χ1v) is 10.1. The van der Waals surface area contributed by atoms with Crippen molar-refractivity contribution in [3.63, 3.8) is 0 Å². The van der Waals surface area contributed by atoms with Crippen molar-refractivity contribution >= 4 is 17.7 Å². The molecule has 0 saturated heterocycles. The molecule has 0 aromatic heterocycles. The minimum absolute atomic E-state index is 0.264. The van der Waals surface area contributed by atoms with Gasteiger partial charge in [-0.3, -0.25) is 5.32 Å². The first kappa shape index (κ1) is 21.8. The molecule has 0 heterocycles. The summed E-state index contributed by atoms with van der Waals surface area (Å²) in [6.07, 6.45) is 3.14. The fraction of sp³-hybridized carbons (Fsp3) is 0.391. The number of carboxylic acid groups (broad SMARTS) is 1. The van der Waals surface area contributed by atoms with Crippen molar-refractivity contribution in [2.75, 3.05) is 25.1 Å². The zero-order valence-corrected chi connectivity index (χ0v) is 16.7. The van der Waals surface area contributed by atoms with Gasteiger partial charge in [0.05, 0.1) is 18.9 Å². The van der Waals surface area contributed by atoms with Gasteiger partial charge in [0.15, 0.2) is 0 Å². The van der Waals surface area contributed by atoms with Crippen LogP contribution in [0.2, 0.25) is 0 Å². The molecule has 2 aromatic carbocycles. The number of benzene rings is 2. The summed E-state index contributed by atoms with van der Waals surface area (Å²) in [7, 11) is 0. The molecular weight excluding hydrogens is 389 g/mol. The summed E-state index contributed by atoms with van der Waals surface area (Å²) in [6.45, 7) is 0.522. The Labute approximate surface area is 175 Å². The third kappa shape index (κ3) is 6.56. The van der Waals surface area contributed by atoms with E-state index >= 15 is 0 Å². The van der Waals surface area contributed by atoms with E-state index < -0.39 is 12.1 Å². The van der Waals surface area contributed by atoms with Crippen LogP contribution in [-0.4, -0.2) is 37.0 Å². The van der Waals surface area contributed by atoms with Crippen LogP contribution < -0.4 is 5.32 Å². The molecule has 0 atom stereocenters. The molecule has 0 unspecified atom stereocenters. The summed E-state index contributed by atoms with van der Waals surface area (Å²) in [4.78, 5) is 22.8. The van der Waals surface area contributed by atoms with Gasteiger partial charge in [-0.25, -0.2) is 14.0 Å². The lowest BCUT2D eigenvalue weighted by atomic mass is 9.83. The van der Waals surface area contributed by atoms with Gasteiger partial charge in [-0.05, 0) is 61.3 Å². The molecular formula is C23H26FNO5. The summed E-state index contributed by atoms with van der Waals surface area (Å²) in [5, 5.41) is 11.4. The predicted molar refractivity (Wildman–Crippen MR) is 111 cm³/mol. The normalized spacial score (nSPS) is 18.6. The van der Waals surface area contributed by atoms with E-state index in [9.17, 15) is 14.0 Å². The van der Waals surface area contributed by atoms with Gasteiger partial charge < -0.3 is 14.6 Å². The minimum atomic E-state index is -0.956. The van der Waals surface area contributed by atoms with Gasteiger partial charge in [-0.2, -0.15) is 0 Å². The Morgan fingerprint density at radius 2 is 1.70 bits per heavy atom. The Morgan fingerprint density at radius 1 is 1.00 bits per heavy atom. The van der Waals surface area contributed by atoms with Gasteiger partial charge in [0.2, 0.25) is 0 Å². The van der Waals surface area contributed by atoms with Crippen LogP contribution in [0.4, 0.5) is 14.9 Å². The smallest absolute Gasteiger partial charge is 0.411 e. The number of hydrogen-bond donors (Lipinski definition) is 2. The molecule has 1 saturated carbocycles. The summed E-state index contributed by atoms with van der Waals surface area (Å²) < 4.78 is 24.1. The van der Waals surface area contributed by atoms with E-state index in [1.165, 1.54) is 12.1 Å². The van der Waals surface area contributed by atoms with Gasteiger partial charge in [0, 0.05) is 5.56 Å². The Balaban J connectivity index is 1.46. The third-order valence-electron chi connectivity index (χ3n) is 5.29. The van der Waals surface area contributed by atoms with Crippen LogP contribution in [0, 0.1) is 17.7 Å². The highest BCUT2D eigenvalue weighted by Crippen LogP contribution is 2.30. The molecule has 1 amide bonds. The zero-order chi connectivity index (χ0) is 21.3. The van der Waals surface area contributed by atoms with Gasteiger partial charge in [-0.15, -0.1) is 0 Å². The lowest BCUT2D eigenvalue weighted by Gasteiger charge is -2.27. The fourth-order valence-electron chi connectivity index (χ4n) is 3.72. The molecule has 0 spiro atoms. The lowest BCUT2D eigenvalue weighted by molar-refractivity contribution is -0.142. The number of nitrogens with one attached hydrogen (secondary N) is 1. The lowest BCUT2D eigenvalue weighted by Crippen LogP contribution is -2.25. The Morgan fingerprint density at radius 3 is 2.40 bits per heavy atom. The Bertz CT molecular complexity index is 864. The van der Waals surface area contributed by atoms with Crippen LogP contribution in [-0.2, 0) is 14.3 Å². The summed E-state index contributed by atoms with van der Waals surface area (Å²) in [6, 6.07) is 13.4. The van der Waals surface area contributed by atoms with Crippen LogP contribution in [0.25, 0.3) is 11.1 Å². The SMILES string of the molecule is O=C(O)COCC1CCC(COC(=O)Nc2ccccc2-c2cccc(F)c2)CC1. The number of halogens is 1. The van der Waals surface area contributed by atoms with E-state index in [2.05, 4.69) is 5.32 Å². The van der Waals surface area contributed by atoms with E-state index in [0.29, 0.717) is 30.4 Å². The Kier molecular flexibility index (Phi) is 7.79. The molecule has 7 heteroatoms. The first-order chi connectivity index (χ1) is 14.5. The second-order valence-corrected chi connectivity index (χ2v) is 7.58. The third-order valence-corrected chi connectivity index (χ3v) is 5.29. The van der Waals surface area contributed by atoms with E-state index in [-0.39, 0.29) is 18.3 Å².